The van der Waals surface area contributed by atoms with E-state index in [1.54, 1.807) is 17.1 Å². The fourth-order valence-electron chi connectivity index (χ4n) is 2.07. The molecule has 3 aromatic rings. The highest BCUT2D eigenvalue weighted by molar-refractivity contribution is 5.61. The SMILES string of the molecule is CCNCc1cncc(-n2cc(-c3ccccc3)cn2)n1. The predicted octanol–water partition coefficient (Wildman–Crippen LogP) is 2.44. The van der Waals surface area contributed by atoms with Gasteiger partial charge in [0.15, 0.2) is 5.82 Å². The fraction of sp³-hybridized carbons (Fsp3) is 0.188. The van der Waals surface area contributed by atoms with Crippen LogP contribution in [0.4, 0.5) is 0 Å². The van der Waals surface area contributed by atoms with Gasteiger partial charge in [-0.3, -0.25) is 4.98 Å². The molecule has 21 heavy (non-hydrogen) atoms. The van der Waals surface area contributed by atoms with Crippen LogP contribution in [0.1, 0.15) is 12.6 Å². The predicted molar refractivity (Wildman–Crippen MR) is 82.0 cm³/mol. The van der Waals surface area contributed by atoms with Gasteiger partial charge in [0.25, 0.3) is 0 Å². The lowest BCUT2D eigenvalue weighted by atomic mass is 10.1. The molecule has 0 fully saturated rings. The lowest BCUT2D eigenvalue weighted by Gasteiger charge is -2.04. The van der Waals surface area contributed by atoms with Crippen LogP contribution in [0.5, 0.6) is 0 Å². The Kier molecular flexibility index (Phi) is 4.02. The zero-order valence-corrected chi connectivity index (χ0v) is 11.9. The fourth-order valence-corrected chi connectivity index (χ4v) is 2.07. The minimum absolute atomic E-state index is 0.712. The van der Waals surface area contributed by atoms with Gasteiger partial charge in [0, 0.05) is 24.5 Å². The lowest BCUT2D eigenvalue weighted by molar-refractivity contribution is 0.699. The molecular formula is C16H17N5. The van der Waals surface area contributed by atoms with Gasteiger partial charge in [0.1, 0.15) is 0 Å². The lowest BCUT2D eigenvalue weighted by Crippen LogP contribution is -2.14. The van der Waals surface area contributed by atoms with Crippen LogP contribution in [0.3, 0.4) is 0 Å². The second-order valence-electron chi connectivity index (χ2n) is 4.69. The van der Waals surface area contributed by atoms with Gasteiger partial charge in [-0.15, -0.1) is 0 Å². The highest BCUT2D eigenvalue weighted by atomic mass is 15.3. The van der Waals surface area contributed by atoms with Crippen molar-refractivity contribution in [3.63, 3.8) is 0 Å². The Hall–Kier alpha value is -2.53. The van der Waals surface area contributed by atoms with E-state index >= 15 is 0 Å². The van der Waals surface area contributed by atoms with E-state index in [9.17, 15) is 0 Å². The molecular weight excluding hydrogens is 262 g/mol. The summed E-state index contributed by atoms with van der Waals surface area (Å²) < 4.78 is 1.75. The van der Waals surface area contributed by atoms with Gasteiger partial charge < -0.3 is 5.32 Å². The molecule has 1 aromatic carbocycles. The van der Waals surface area contributed by atoms with Gasteiger partial charge in [0.05, 0.1) is 18.1 Å². The number of rotatable bonds is 5. The summed E-state index contributed by atoms with van der Waals surface area (Å²) in [6, 6.07) is 10.2. The molecule has 0 radical (unpaired) electrons. The van der Waals surface area contributed by atoms with Gasteiger partial charge in [0.2, 0.25) is 0 Å². The molecule has 0 saturated carbocycles. The average molecular weight is 279 g/mol. The maximum atomic E-state index is 4.56. The van der Waals surface area contributed by atoms with Crippen molar-refractivity contribution in [2.75, 3.05) is 6.54 Å². The summed E-state index contributed by atoms with van der Waals surface area (Å²) >= 11 is 0. The number of hydrogen-bond donors (Lipinski definition) is 1. The third-order valence-electron chi connectivity index (χ3n) is 3.15. The van der Waals surface area contributed by atoms with Crippen molar-refractivity contribution in [3.8, 4) is 16.9 Å². The number of nitrogens with one attached hydrogen (secondary N) is 1. The molecule has 1 N–H and O–H groups in total. The van der Waals surface area contributed by atoms with Crippen LogP contribution < -0.4 is 5.32 Å². The van der Waals surface area contributed by atoms with Gasteiger partial charge in [-0.25, -0.2) is 9.67 Å². The largest absolute Gasteiger partial charge is 0.311 e. The molecule has 5 nitrogen and oxygen atoms in total. The van der Waals surface area contributed by atoms with Gasteiger partial charge >= 0.3 is 0 Å². The first-order valence-electron chi connectivity index (χ1n) is 6.99. The van der Waals surface area contributed by atoms with Crippen LogP contribution in [0.2, 0.25) is 0 Å². The third kappa shape index (κ3) is 3.14. The van der Waals surface area contributed by atoms with Crippen molar-refractivity contribution >= 4 is 0 Å². The molecule has 0 saturated heterocycles. The van der Waals surface area contributed by atoms with Crippen LogP contribution in [-0.2, 0) is 6.54 Å². The molecule has 3 rings (SSSR count). The zero-order valence-electron chi connectivity index (χ0n) is 11.9. The van der Waals surface area contributed by atoms with E-state index in [0.717, 1.165) is 29.2 Å². The quantitative estimate of drug-likeness (QED) is 0.779. The van der Waals surface area contributed by atoms with Crippen LogP contribution in [0.25, 0.3) is 16.9 Å². The van der Waals surface area contributed by atoms with E-state index in [-0.39, 0.29) is 0 Å². The second kappa shape index (κ2) is 6.28. The monoisotopic (exact) mass is 279 g/mol. The van der Waals surface area contributed by atoms with Crippen LogP contribution in [0.15, 0.2) is 55.1 Å². The minimum atomic E-state index is 0.712. The Morgan fingerprint density at radius 3 is 2.71 bits per heavy atom. The Morgan fingerprint density at radius 1 is 1.05 bits per heavy atom. The van der Waals surface area contributed by atoms with E-state index in [0.29, 0.717) is 6.54 Å². The van der Waals surface area contributed by atoms with Gasteiger partial charge in [-0.1, -0.05) is 37.3 Å². The van der Waals surface area contributed by atoms with Crippen LogP contribution in [0, 0.1) is 0 Å². The zero-order chi connectivity index (χ0) is 14.5. The van der Waals surface area contributed by atoms with Crippen molar-refractivity contribution in [1.29, 1.82) is 0 Å². The summed E-state index contributed by atoms with van der Waals surface area (Å²) in [5.74, 6) is 0.729. The van der Waals surface area contributed by atoms with E-state index in [1.807, 2.05) is 30.6 Å². The molecule has 0 atom stereocenters. The third-order valence-corrected chi connectivity index (χ3v) is 3.15. The molecule has 0 aliphatic heterocycles. The number of aromatic nitrogens is 4. The van der Waals surface area contributed by atoms with Crippen molar-refractivity contribution in [3.05, 3.63) is 60.8 Å². The van der Waals surface area contributed by atoms with Crippen LogP contribution >= 0.6 is 0 Å². The summed E-state index contributed by atoms with van der Waals surface area (Å²) in [5, 5.41) is 7.62. The molecule has 0 unspecified atom stereocenters. The summed E-state index contributed by atoms with van der Waals surface area (Å²) in [6.07, 6.45) is 7.30. The van der Waals surface area contributed by atoms with Crippen LogP contribution in [-0.4, -0.2) is 26.3 Å². The van der Waals surface area contributed by atoms with E-state index in [1.165, 1.54) is 0 Å². The van der Waals surface area contributed by atoms with Gasteiger partial charge in [-0.2, -0.15) is 5.10 Å². The molecule has 2 heterocycles. The van der Waals surface area contributed by atoms with Gasteiger partial charge in [-0.05, 0) is 12.1 Å². The number of hydrogen-bond acceptors (Lipinski definition) is 4. The van der Waals surface area contributed by atoms with Crippen molar-refractivity contribution in [2.24, 2.45) is 0 Å². The van der Waals surface area contributed by atoms with E-state index < -0.39 is 0 Å². The Bertz CT molecular complexity index is 705. The molecule has 0 aliphatic carbocycles. The number of nitrogens with zero attached hydrogens (tertiary/aromatic N) is 4. The molecule has 2 aromatic heterocycles. The Balaban J connectivity index is 1.86. The summed E-state index contributed by atoms with van der Waals surface area (Å²) in [4.78, 5) is 8.80. The maximum Gasteiger partial charge on any atom is 0.172 e. The first kappa shape index (κ1) is 13.5. The molecule has 0 aliphatic rings. The molecule has 0 spiro atoms. The summed E-state index contributed by atoms with van der Waals surface area (Å²) in [6.45, 7) is 3.69. The highest BCUT2D eigenvalue weighted by Gasteiger charge is 2.05. The van der Waals surface area contributed by atoms with E-state index in [4.69, 9.17) is 0 Å². The van der Waals surface area contributed by atoms with Crippen molar-refractivity contribution in [2.45, 2.75) is 13.5 Å². The molecule has 0 bridgehead atoms. The summed E-state index contributed by atoms with van der Waals surface area (Å²) in [7, 11) is 0. The smallest absolute Gasteiger partial charge is 0.172 e. The van der Waals surface area contributed by atoms with Crippen molar-refractivity contribution in [1.82, 2.24) is 25.1 Å². The first-order valence-corrected chi connectivity index (χ1v) is 6.99. The van der Waals surface area contributed by atoms with E-state index in [2.05, 4.69) is 39.4 Å². The molecule has 106 valence electrons. The Labute approximate surface area is 123 Å². The van der Waals surface area contributed by atoms with Crippen molar-refractivity contribution < 1.29 is 0 Å². The maximum absolute atomic E-state index is 4.56. The molecule has 5 heteroatoms. The first-order chi connectivity index (χ1) is 10.4. The summed E-state index contributed by atoms with van der Waals surface area (Å²) in [5.41, 5.74) is 3.11. The minimum Gasteiger partial charge on any atom is -0.311 e. The highest BCUT2D eigenvalue weighted by Crippen LogP contribution is 2.18. The standard InChI is InChI=1S/C16H17N5/c1-2-17-9-15-10-18-11-16(20-15)21-12-14(8-19-21)13-6-4-3-5-7-13/h3-8,10-12,17H,2,9H2,1H3. The second-order valence-corrected chi connectivity index (χ2v) is 4.69. The average Bonchev–Trinajstić information content (AvgIpc) is 3.04. The topological polar surface area (TPSA) is 55.6 Å². The normalized spacial score (nSPS) is 10.7. The Morgan fingerprint density at radius 2 is 1.90 bits per heavy atom. The molecule has 0 amide bonds. The number of benzene rings is 1.